The second-order valence-corrected chi connectivity index (χ2v) is 5.20. The first-order chi connectivity index (χ1) is 11.7. The Labute approximate surface area is 138 Å². The van der Waals surface area contributed by atoms with E-state index in [1.807, 2.05) is 0 Å². The number of nitrogens with zero attached hydrogens (tertiary/aromatic N) is 1. The zero-order valence-corrected chi connectivity index (χ0v) is 12.8. The van der Waals surface area contributed by atoms with Gasteiger partial charge in [-0.25, -0.2) is 4.39 Å². The first-order valence-corrected chi connectivity index (χ1v) is 7.44. The van der Waals surface area contributed by atoms with Crippen LogP contribution in [-0.2, 0) is 13.1 Å². The summed E-state index contributed by atoms with van der Waals surface area (Å²) in [5.74, 6) is 0.182. The Morgan fingerprint density at radius 3 is 2.71 bits per heavy atom. The minimum atomic E-state index is -0.268. The smallest absolute Gasteiger partial charge is 0.253 e. The van der Waals surface area contributed by atoms with Crippen LogP contribution in [0.1, 0.15) is 21.7 Å². The molecular weight excluding hydrogens is 309 g/mol. The van der Waals surface area contributed by atoms with Gasteiger partial charge in [0.05, 0.1) is 24.1 Å². The third-order valence-electron chi connectivity index (χ3n) is 3.41. The number of furan rings is 1. The van der Waals surface area contributed by atoms with Crippen molar-refractivity contribution in [3.8, 4) is 0 Å². The van der Waals surface area contributed by atoms with Crippen LogP contribution in [0.2, 0.25) is 0 Å². The topological polar surface area (TPSA) is 67.2 Å². The second-order valence-electron chi connectivity index (χ2n) is 5.20. The van der Waals surface area contributed by atoms with Gasteiger partial charge < -0.3 is 15.1 Å². The van der Waals surface area contributed by atoms with Gasteiger partial charge in [-0.2, -0.15) is 0 Å². The summed E-state index contributed by atoms with van der Waals surface area (Å²) in [6.45, 7) is 0.832. The van der Waals surface area contributed by atoms with Gasteiger partial charge in [0.15, 0.2) is 0 Å². The van der Waals surface area contributed by atoms with Crippen LogP contribution >= 0.6 is 0 Å². The van der Waals surface area contributed by atoms with E-state index in [4.69, 9.17) is 4.42 Å². The summed E-state index contributed by atoms with van der Waals surface area (Å²) < 4.78 is 18.1. The Morgan fingerprint density at radius 2 is 1.96 bits per heavy atom. The third kappa shape index (κ3) is 4.19. The van der Waals surface area contributed by atoms with Crippen LogP contribution in [0.15, 0.2) is 65.5 Å². The fourth-order valence-electron chi connectivity index (χ4n) is 2.15. The number of benzene rings is 1. The predicted molar refractivity (Wildman–Crippen MR) is 87.8 cm³/mol. The number of rotatable bonds is 6. The van der Waals surface area contributed by atoms with Gasteiger partial charge in [-0.3, -0.25) is 9.78 Å². The SMILES string of the molecule is O=C(NCc1ccco1)c1cncc(NCc2ccc(F)cc2)c1. The number of amides is 1. The Bertz CT molecular complexity index is 801. The maximum Gasteiger partial charge on any atom is 0.253 e. The molecule has 0 aliphatic carbocycles. The molecule has 2 N–H and O–H groups in total. The van der Waals surface area contributed by atoms with E-state index >= 15 is 0 Å². The Balaban J connectivity index is 1.58. The van der Waals surface area contributed by atoms with Crippen molar-refractivity contribution in [2.75, 3.05) is 5.32 Å². The van der Waals surface area contributed by atoms with Crippen LogP contribution < -0.4 is 10.6 Å². The average Bonchev–Trinajstić information content (AvgIpc) is 3.13. The number of aromatic nitrogens is 1. The van der Waals surface area contributed by atoms with E-state index in [1.165, 1.54) is 18.3 Å². The molecule has 2 heterocycles. The summed E-state index contributed by atoms with van der Waals surface area (Å²) in [4.78, 5) is 16.2. The summed E-state index contributed by atoms with van der Waals surface area (Å²) in [5.41, 5.74) is 2.10. The largest absolute Gasteiger partial charge is 0.467 e. The fraction of sp³-hybridized carbons (Fsp3) is 0.111. The van der Waals surface area contributed by atoms with Crippen molar-refractivity contribution in [3.05, 3.63) is 83.8 Å². The van der Waals surface area contributed by atoms with Gasteiger partial charge in [0, 0.05) is 18.9 Å². The summed E-state index contributed by atoms with van der Waals surface area (Å²) in [5, 5.41) is 5.93. The van der Waals surface area contributed by atoms with Gasteiger partial charge >= 0.3 is 0 Å². The molecule has 6 heteroatoms. The molecule has 0 saturated heterocycles. The lowest BCUT2D eigenvalue weighted by molar-refractivity contribution is 0.0947. The van der Waals surface area contributed by atoms with Gasteiger partial charge in [-0.1, -0.05) is 12.1 Å². The number of carbonyl (C=O) groups is 1. The molecule has 3 rings (SSSR count). The van der Waals surface area contributed by atoms with E-state index in [2.05, 4.69) is 15.6 Å². The van der Waals surface area contributed by atoms with Crippen molar-refractivity contribution in [1.82, 2.24) is 10.3 Å². The van der Waals surface area contributed by atoms with Gasteiger partial charge in [0.25, 0.3) is 5.91 Å². The molecule has 1 amide bonds. The van der Waals surface area contributed by atoms with Crippen molar-refractivity contribution in [1.29, 1.82) is 0 Å². The monoisotopic (exact) mass is 325 g/mol. The van der Waals surface area contributed by atoms with Crippen LogP contribution in [0.5, 0.6) is 0 Å². The highest BCUT2D eigenvalue weighted by molar-refractivity contribution is 5.94. The molecule has 0 spiro atoms. The second kappa shape index (κ2) is 7.41. The molecule has 1 aromatic carbocycles. The minimum absolute atomic E-state index is 0.232. The molecule has 0 aliphatic heterocycles. The molecule has 0 saturated carbocycles. The Hall–Kier alpha value is -3.15. The number of anilines is 1. The molecule has 0 atom stereocenters. The number of pyridine rings is 1. The summed E-state index contributed by atoms with van der Waals surface area (Å²) in [6.07, 6.45) is 4.69. The van der Waals surface area contributed by atoms with Crippen LogP contribution in [0.4, 0.5) is 10.1 Å². The lowest BCUT2D eigenvalue weighted by atomic mass is 10.2. The van der Waals surface area contributed by atoms with Crippen molar-refractivity contribution in [2.24, 2.45) is 0 Å². The van der Waals surface area contributed by atoms with Gasteiger partial charge in [-0.05, 0) is 35.9 Å². The molecule has 0 aliphatic rings. The van der Waals surface area contributed by atoms with Gasteiger partial charge in [-0.15, -0.1) is 0 Å². The lowest BCUT2D eigenvalue weighted by Gasteiger charge is -2.08. The highest BCUT2D eigenvalue weighted by Gasteiger charge is 2.07. The molecule has 0 bridgehead atoms. The quantitative estimate of drug-likeness (QED) is 0.729. The van der Waals surface area contributed by atoms with Crippen molar-refractivity contribution in [2.45, 2.75) is 13.1 Å². The maximum absolute atomic E-state index is 12.9. The molecule has 0 fully saturated rings. The van der Waals surface area contributed by atoms with Crippen molar-refractivity contribution < 1.29 is 13.6 Å². The van der Waals surface area contributed by atoms with Crippen LogP contribution in [0, 0.1) is 5.82 Å². The van der Waals surface area contributed by atoms with Gasteiger partial charge in [0.1, 0.15) is 11.6 Å². The zero-order chi connectivity index (χ0) is 16.8. The van der Waals surface area contributed by atoms with Gasteiger partial charge in [0.2, 0.25) is 0 Å². The normalized spacial score (nSPS) is 10.4. The minimum Gasteiger partial charge on any atom is -0.467 e. The fourth-order valence-corrected chi connectivity index (χ4v) is 2.15. The molecule has 2 aromatic heterocycles. The third-order valence-corrected chi connectivity index (χ3v) is 3.41. The number of hydrogen-bond donors (Lipinski definition) is 2. The standard InChI is InChI=1S/C18H16FN3O2/c19-15-5-3-13(4-6-15)9-21-16-8-14(10-20-11-16)18(23)22-12-17-2-1-7-24-17/h1-8,10-11,21H,9,12H2,(H,22,23). The molecule has 5 nitrogen and oxygen atoms in total. The molecule has 3 aromatic rings. The first kappa shape index (κ1) is 15.7. The number of hydrogen-bond acceptors (Lipinski definition) is 4. The molecule has 0 unspecified atom stereocenters. The van der Waals surface area contributed by atoms with Crippen LogP contribution in [0.25, 0.3) is 0 Å². The molecule has 0 radical (unpaired) electrons. The predicted octanol–water partition coefficient (Wildman–Crippen LogP) is 3.36. The lowest BCUT2D eigenvalue weighted by Crippen LogP contribution is -2.22. The molecule has 24 heavy (non-hydrogen) atoms. The summed E-state index contributed by atoms with van der Waals surface area (Å²) >= 11 is 0. The highest BCUT2D eigenvalue weighted by atomic mass is 19.1. The first-order valence-electron chi connectivity index (χ1n) is 7.44. The van der Waals surface area contributed by atoms with E-state index in [0.717, 1.165) is 5.56 Å². The Morgan fingerprint density at radius 1 is 1.12 bits per heavy atom. The number of nitrogens with one attached hydrogen (secondary N) is 2. The molecule has 122 valence electrons. The summed E-state index contributed by atoms with van der Waals surface area (Å²) in [6, 6.07) is 11.5. The number of carbonyl (C=O) groups excluding carboxylic acids is 1. The number of halogens is 1. The van der Waals surface area contributed by atoms with Crippen molar-refractivity contribution in [3.63, 3.8) is 0 Å². The highest BCUT2D eigenvalue weighted by Crippen LogP contribution is 2.11. The van der Waals surface area contributed by atoms with E-state index in [-0.39, 0.29) is 11.7 Å². The maximum atomic E-state index is 12.9. The van der Waals surface area contributed by atoms with E-state index in [1.54, 1.807) is 42.8 Å². The van der Waals surface area contributed by atoms with Crippen LogP contribution in [0.3, 0.4) is 0 Å². The summed E-state index contributed by atoms with van der Waals surface area (Å²) in [7, 11) is 0. The zero-order valence-electron chi connectivity index (χ0n) is 12.8. The van der Waals surface area contributed by atoms with Crippen LogP contribution in [-0.4, -0.2) is 10.9 Å². The average molecular weight is 325 g/mol. The van der Waals surface area contributed by atoms with E-state index in [9.17, 15) is 9.18 Å². The van der Waals surface area contributed by atoms with E-state index in [0.29, 0.717) is 30.1 Å². The molecular formula is C18H16FN3O2. The Kier molecular flexibility index (Phi) is 4.86. The van der Waals surface area contributed by atoms with Crippen molar-refractivity contribution >= 4 is 11.6 Å². The van der Waals surface area contributed by atoms with E-state index < -0.39 is 0 Å².